The third-order valence-corrected chi connectivity index (χ3v) is 3.55. The van der Waals surface area contributed by atoms with Gasteiger partial charge in [0, 0.05) is 6.61 Å². The van der Waals surface area contributed by atoms with Gasteiger partial charge in [-0.15, -0.1) is 0 Å². The first-order valence-electron chi connectivity index (χ1n) is 6.23. The molecule has 7 nitrogen and oxygen atoms in total. The van der Waals surface area contributed by atoms with E-state index in [1.807, 2.05) is 6.92 Å². The summed E-state index contributed by atoms with van der Waals surface area (Å²) in [4.78, 5) is 12.2. The monoisotopic (exact) mass is 265 g/mol. The number of fused-ring (bicyclic) bond motifs is 1. The first kappa shape index (κ1) is 13.7. The second-order valence-electron chi connectivity index (χ2n) is 4.94. The molecule has 0 amide bonds. The van der Waals surface area contributed by atoms with Crippen molar-refractivity contribution in [2.45, 2.75) is 38.3 Å². The summed E-state index contributed by atoms with van der Waals surface area (Å²) in [5, 5.41) is 19.4. The molecule has 0 aliphatic rings. The molecule has 0 saturated carbocycles. The highest BCUT2D eigenvalue weighted by Gasteiger charge is 2.30. The number of hydrogen-bond acceptors (Lipinski definition) is 6. The minimum atomic E-state index is -0.962. The summed E-state index contributed by atoms with van der Waals surface area (Å²) >= 11 is 0. The van der Waals surface area contributed by atoms with E-state index < -0.39 is 5.60 Å². The Morgan fingerprint density at radius 3 is 2.84 bits per heavy atom. The molecule has 0 aliphatic heterocycles. The molecule has 2 rings (SSSR count). The van der Waals surface area contributed by atoms with Crippen LogP contribution in [0.2, 0.25) is 0 Å². The van der Waals surface area contributed by atoms with E-state index in [0.717, 1.165) is 0 Å². The van der Waals surface area contributed by atoms with Crippen LogP contribution in [0.25, 0.3) is 11.2 Å². The predicted molar refractivity (Wildman–Crippen MR) is 71.4 cm³/mol. The molecule has 4 N–H and O–H groups in total. The van der Waals surface area contributed by atoms with Gasteiger partial charge in [0.05, 0.1) is 18.0 Å². The third-order valence-electron chi connectivity index (χ3n) is 3.55. The van der Waals surface area contributed by atoms with Crippen LogP contribution in [0, 0.1) is 0 Å². The minimum absolute atomic E-state index is 0.0582. The molecule has 104 valence electrons. The highest BCUT2D eigenvalue weighted by Crippen LogP contribution is 2.29. The lowest BCUT2D eigenvalue weighted by atomic mass is 9.92. The summed E-state index contributed by atoms with van der Waals surface area (Å²) in [6.07, 6.45) is 4.02. The molecular formula is C12H19N5O2. The molecular weight excluding hydrogens is 246 g/mol. The lowest BCUT2D eigenvalue weighted by Gasteiger charge is -2.31. The zero-order valence-electron chi connectivity index (χ0n) is 11.1. The average molecular weight is 265 g/mol. The summed E-state index contributed by atoms with van der Waals surface area (Å²) in [5.41, 5.74) is 5.91. The molecule has 2 heterocycles. The van der Waals surface area contributed by atoms with Crippen LogP contribution in [0.4, 0.5) is 5.82 Å². The maximum atomic E-state index is 10.5. The van der Waals surface area contributed by atoms with E-state index in [2.05, 4.69) is 15.0 Å². The topological polar surface area (TPSA) is 110 Å². The SMILES string of the molecule is CC(n1cnc2c(N)ncnc21)C(C)(O)CCCO. The Bertz CT molecular complexity index is 566. The number of hydrogen-bond donors (Lipinski definition) is 3. The fourth-order valence-corrected chi connectivity index (χ4v) is 2.10. The molecule has 0 aromatic carbocycles. The van der Waals surface area contributed by atoms with Gasteiger partial charge < -0.3 is 20.5 Å². The summed E-state index contributed by atoms with van der Waals surface area (Å²) in [6.45, 7) is 3.68. The highest BCUT2D eigenvalue weighted by atomic mass is 16.3. The largest absolute Gasteiger partial charge is 0.396 e. The van der Waals surface area contributed by atoms with Gasteiger partial charge in [-0.05, 0) is 26.7 Å². The van der Waals surface area contributed by atoms with Crippen LogP contribution in [-0.2, 0) is 0 Å². The van der Waals surface area contributed by atoms with Crippen LogP contribution in [0.15, 0.2) is 12.7 Å². The van der Waals surface area contributed by atoms with Crippen molar-refractivity contribution in [3.8, 4) is 0 Å². The van der Waals surface area contributed by atoms with Crippen LogP contribution in [0.5, 0.6) is 0 Å². The maximum absolute atomic E-state index is 10.5. The number of nitrogen functional groups attached to an aromatic ring is 1. The number of anilines is 1. The second-order valence-corrected chi connectivity index (χ2v) is 4.94. The fraction of sp³-hybridized carbons (Fsp3) is 0.583. The number of rotatable bonds is 5. The molecule has 7 heteroatoms. The third kappa shape index (κ3) is 2.52. The number of imidazole rings is 1. The molecule has 2 unspecified atom stereocenters. The molecule has 0 spiro atoms. The summed E-state index contributed by atoms with van der Waals surface area (Å²) in [7, 11) is 0. The van der Waals surface area contributed by atoms with Crippen molar-refractivity contribution in [3.63, 3.8) is 0 Å². The molecule has 0 radical (unpaired) electrons. The lowest BCUT2D eigenvalue weighted by molar-refractivity contribution is -0.000178. The first-order valence-corrected chi connectivity index (χ1v) is 6.23. The number of nitrogens with two attached hydrogens (primary N) is 1. The smallest absolute Gasteiger partial charge is 0.165 e. The lowest BCUT2D eigenvalue weighted by Crippen LogP contribution is -2.34. The van der Waals surface area contributed by atoms with Gasteiger partial charge in [0.2, 0.25) is 0 Å². The van der Waals surface area contributed by atoms with Crippen LogP contribution in [0.3, 0.4) is 0 Å². The Morgan fingerprint density at radius 2 is 2.16 bits per heavy atom. The molecule has 0 fully saturated rings. The zero-order valence-corrected chi connectivity index (χ0v) is 11.1. The highest BCUT2D eigenvalue weighted by molar-refractivity contribution is 5.81. The van der Waals surface area contributed by atoms with Gasteiger partial charge in [-0.1, -0.05) is 0 Å². The van der Waals surface area contributed by atoms with Crippen molar-refractivity contribution < 1.29 is 10.2 Å². The summed E-state index contributed by atoms with van der Waals surface area (Å²) in [5.74, 6) is 0.325. The first-order chi connectivity index (χ1) is 8.97. The molecule has 2 aromatic heterocycles. The quantitative estimate of drug-likeness (QED) is 0.726. The number of aliphatic hydroxyl groups is 2. The molecule has 2 atom stereocenters. The van der Waals surface area contributed by atoms with E-state index in [9.17, 15) is 5.11 Å². The van der Waals surface area contributed by atoms with Gasteiger partial charge in [-0.2, -0.15) is 0 Å². The Morgan fingerprint density at radius 1 is 1.42 bits per heavy atom. The summed E-state index contributed by atoms with van der Waals surface area (Å²) in [6, 6.07) is -0.238. The number of aromatic nitrogens is 4. The van der Waals surface area contributed by atoms with Gasteiger partial charge in [0.25, 0.3) is 0 Å². The van der Waals surface area contributed by atoms with Crippen molar-refractivity contribution in [2.24, 2.45) is 0 Å². The van der Waals surface area contributed by atoms with Crippen LogP contribution in [-0.4, -0.2) is 41.9 Å². The molecule has 0 aliphatic carbocycles. The minimum Gasteiger partial charge on any atom is -0.396 e. The van der Waals surface area contributed by atoms with E-state index in [0.29, 0.717) is 29.8 Å². The van der Waals surface area contributed by atoms with E-state index in [4.69, 9.17) is 10.8 Å². The molecule has 2 aromatic rings. The van der Waals surface area contributed by atoms with Crippen molar-refractivity contribution in [3.05, 3.63) is 12.7 Å². The Hall–Kier alpha value is -1.73. The van der Waals surface area contributed by atoms with Crippen LogP contribution < -0.4 is 5.73 Å². The fourth-order valence-electron chi connectivity index (χ4n) is 2.10. The van der Waals surface area contributed by atoms with E-state index in [-0.39, 0.29) is 12.6 Å². The molecule has 19 heavy (non-hydrogen) atoms. The van der Waals surface area contributed by atoms with Crippen molar-refractivity contribution in [1.29, 1.82) is 0 Å². The van der Waals surface area contributed by atoms with Crippen LogP contribution >= 0.6 is 0 Å². The van der Waals surface area contributed by atoms with Crippen LogP contribution in [0.1, 0.15) is 32.7 Å². The van der Waals surface area contributed by atoms with Gasteiger partial charge in [-0.3, -0.25) is 0 Å². The summed E-state index contributed by atoms with van der Waals surface area (Å²) < 4.78 is 1.78. The molecule has 0 bridgehead atoms. The number of nitrogens with zero attached hydrogens (tertiary/aromatic N) is 4. The zero-order chi connectivity index (χ0) is 14.0. The normalized spacial score (nSPS) is 16.4. The van der Waals surface area contributed by atoms with Crippen molar-refractivity contribution in [2.75, 3.05) is 12.3 Å². The Kier molecular flexibility index (Phi) is 3.68. The van der Waals surface area contributed by atoms with Gasteiger partial charge in [0.1, 0.15) is 11.8 Å². The van der Waals surface area contributed by atoms with E-state index >= 15 is 0 Å². The Balaban J connectivity index is 2.36. The van der Waals surface area contributed by atoms with Gasteiger partial charge in [-0.25, -0.2) is 15.0 Å². The van der Waals surface area contributed by atoms with Crippen molar-refractivity contribution in [1.82, 2.24) is 19.5 Å². The Labute approximate surface area is 111 Å². The predicted octanol–water partition coefficient (Wildman–Crippen LogP) is 0.493. The van der Waals surface area contributed by atoms with Gasteiger partial charge in [0.15, 0.2) is 11.5 Å². The maximum Gasteiger partial charge on any atom is 0.165 e. The standard InChI is InChI=1S/C12H19N5O2/c1-8(12(2,19)4-3-5-18)17-7-16-9-10(13)14-6-15-11(9)17/h6-8,18-19H,3-5H2,1-2H3,(H2,13,14,15). The van der Waals surface area contributed by atoms with Gasteiger partial charge >= 0.3 is 0 Å². The van der Waals surface area contributed by atoms with Crippen molar-refractivity contribution >= 4 is 17.0 Å². The van der Waals surface area contributed by atoms with E-state index in [1.165, 1.54) is 6.33 Å². The second kappa shape index (κ2) is 5.10. The average Bonchev–Trinajstić information content (AvgIpc) is 2.80. The van der Waals surface area contributed by atoms with E-state index in [1.54, 1.807) is 17.8 Å². The number of aliphatic hydroxyl groups excluding tert-OH is 1. The molecule has 0 saturated heterocycles.